The number of hydrogen-bond donors (Lipinski definition) is 7. The highest BCUT2D eigenvalue weighted by atomic mass is 19.1. The van der Waals surface area contributed by atoms with Crippen LogP contribution in [0.5, 0.6) is 29.0 Å². The van der Waals surface area contributed by atoms with E-state index in [1.807, 2.05) is 0 Å². The standard InChI is InChI=1S/C29H31F2N9O5/c1-40-13-12-36-25(40)16-6-2-3-8-19(16)44-26-21(30)23(38-17(28(42)43)7-4-5-11-37-29(34)35)22(31)27(39-26)45-20-14-15(24(32)33)9-10-18(20)41/h2-3,6,8-10,12-14,17,41H,4-5,7,11H2,1H3,(H3,32,33)(H,38,39)(H,42,43)(H4,34,35,37). The number of anilines is 1. The number of guanidine groups is 1. The van der Waals surface area contributed by atoms with Crippen molar-refractivity contribution in [1.82, 2.24) is 14.5 Å². The summed E-state index contributed by atoms with van der Waals surface area (Å²) < 4.78 is 45.0. The zero-order valence-corrected chi connectivity index (χ0v) is 24.0. The average molecular weight is 624 g/mol. The number of aromatic nitrogens is 3. The number of halogens is 2. The summed E-state index contributed by atoms with van der Waals surface area (Å²) in [5.74, 6) is -6.51. The summed E-state index contributed by atoms with van der Waals surface area (Å²) >= 11 is 0. The third-order valence-corrected chi connectivity index (χ3v) is 6.46. The Kier molecular flexibility index (Phi) is 9.97. The van der Waals surface area contributed by atoms with Gasteiger partial charge in [-0.3, -0.25) is 10.4 Å². The summed E-state index contributed by atoms with van der Waals surface area (Å²) in [6.07, 6.45) is 3.91. The Bertz CT molecular complexity index is 1740. The number of aryl methyl sites for hydroxylation is 1. The monoisotopic (exact) mass is 623 g/mol. The van der Waals surface area contributed by atoms with E-state index in [2.05, 4.69) is 20.3 Å². The van der Waals surface area contributed by atoms with Gasteiger partial charge in [-0.1, -0.05) is 12.1 Å². The number of nitrogen functional groups attached to an aromatic ring is 1. The van der Waals surface area contributed by atoms with Gasteiger partial charge in [0.05, 0.1) is 5.56 Å². The molecule has 0 amide bonds. The molecule has 4 aromatic rings. The number of nitrogens with zero attached hydrogens (tertiary/aromatic N) is 4. The number of unbranched alkanes of at least 4 members (excludes halogenated alkanes) is 1. The van der Waals surface area contributed by atoms with E-state index in [-0.39, 0.29) is 41.8 Å². The quantitative estimate of drug-likeness (QED) is 0.0608. The summed E-state index contributed by atoms with van der Waals surface area (Å²) in [5.41, 5.74) is 15.8. The second kappa shape index (κ2) is 14.0. The van der Waals surface area contributed by atoms with Crippen LogP contribution in [0.15, 0.2) is 59.9 Å². The third-order valence-electron chi connectivity index (χ3n) is 6.46. The average Bonchev–Trinajstić information content (AvgIpc) is 3.42. The van der Waals surface area contributed by atoms with Crippen LogP contribution in [0.4, 0.5) is 14.5 Å². The molecule has 0 fully saturated rings. The van der Waals surface area contributed by atoms with E-state index in [4.69, 9.17) is 32.1 Å². The zero-order chi connectivity index (χ0) is 32.7. The molecule has 2 aromatic carbocycles. The summed E-state index contributed by atoms with van der Waals surface area (Å²) in [7, 11) is 1.74. The number of nitrogens with two attached hydrogens (primary N) is 3. The van der Waals surface area contributed by atoms with Gasteiger partial charge in [0.25, 0.3) is 11.8 Å². The number of aromatic hydroxyl groups is 1. The molecule has 2 aromatic heterocycles. The molecule has 0 saturated carbocycles. The number of benzene rings is 2. The number of nitrogens with one attached hydrogen (secondary N) is 2. The number of ether oxygens (including phenoxy) is 2. The lowest BCUT2D eigenvalue weighted by Crippen LogP contribution is -2.30. The van der Waals surface area contributed by atoms with E-state index >= 15 is 8.78 Å². The van der Waals surface area contributed by atoms with Gasteiger partial charge in [-0.05, 0) is 49.6 Å². The van der Waals surface area contributed by atoms with Crippen LogP contribution in [-0.4, -0.2) is 55.1 Å². The Morgan fingerprint density at radius 2 is 1.78 bits per heavy atom. The third kappa shape index (κ3) is 7.73. The summed E-state index contributed by atoms with van der Waals surface area (Å²) in [6.45, 7) is 0.237. The molecular formula is C29H31F2N9O5. The largest absolute Gasteiger partial charge is 0.504 e. The maximum atomic E-state index is 16.0. The van der Waals surface area contributed by atoms with Gasteiger partial charge >= 0.3 is 5.97 Å². The van der Waals surface area contributed by atoms with Crippen LogP contribution in [-0.2, 0) is 11.8 Å². The van der Waals surface area contributed by atoms with Crippen molar-refractivity contribution in [1.29, 1.82) is 5.41 Å². The lowest BCUT2D eigenvalue weighted by atomic mass is 10.1. The van der Waals surface area contributed by atoms with E-state index in [1.54, 1.807) is 42.2 Å². The van der Waals surface area contributed by atoms with Crippen LogP contribution in [0.25, 0.3) is 11.4 Å². The molecule has 4 rings (SSSR count). The van der Waals surface area contributed by atoms with Gasteiger partial charge < -0.3 is 46.8 Å². The van der Waals surface area contributed by atoms with Crippen molar-refractivity contribution in [3.63, 3.8) is 0 Å². The number of phenolic OH excluding ortho intramolecular Hbond substituents is 1. The Hall–Kier alpha value is -5.93. The number of rotatable bonds is 14. The van der Waals surface area contributed by atoms with Crippen molar-refractivity contribution in [2.45, 2.75) is 25.3 Å². The second-order valence-corrected chi connectivity index (χ2v) is 9.72. The molecule has 1 unspecified atom stereocenters. The van der Waals surface area contributed by atoms with E-state index in [0.717, 1.165) is 12.1 Å². The predicted octanol–water partition coefficient (Wildman–Crippen LogP) is 3.64. The second-order valence-electron chi connectivity index (χ2n) is 9.72. The number of carboxylic acids is 1. The number of para-hydroxylation sites is 1. The number of hydrogen-bond acceptors (Lipinski definition) is 9. The van der Waals surface area contributed by atoms with Crippen LogP contribution >= 0.6 is 0 Å². The summed E-state index contributed by atoms with van der Waals surface area (Å²) in [5, 5.41) is 30.2. The van der Waals surface area contributed by atoms with Crippen molar-refractivity contribution in [3.05, 3.63) is 72.1 Å². The van der Waals surface area contributed by atoms with Crippen molar-refractivity contribution in [3.8, 4) is 40.4 Å². The number of aliphatic imine (C=N–C) groups is 1. The molecule has 10 N–H and O–H groups in total. The van der Waals surface area contributed by atoms with Crippen LogP contribution in [0.2, 0.25) is 0 Å². The molecule has 0 bridgehead atoms. The molecule has 14 nitrogen and oxygen atoms in total. The Labute approximate surface area is 255 Å². The van der Waals surface area contributed by atoms with Crippen LogP contribution < -0.4 is 32.0 Å². The van der Waals surface area contributed by atoms with E-state index in [0.29, 0.717) is 24.2 Å². The molecule has 1 atom stereocenters. The van der Waals surface area contributed by atoms with Crippen molar-refractivity contribution < 1.29 is 33.3 Å². The fraction of sp³-hybridized carbons (Fsp3) is 0.207. The highest BCUT2D eigenvalue weighted by molar-refractivity contribution is 5.95. The van der Waals surface area contributed by atoms with Crippen LogP contribution in [0, 0.1) is 17.0 Å². The topological polar surface area (TPSA) is 233 Å². The van der Waals surface area contributed by atoms with Gasteiger partial charge in [0, 0.05) is 31.5 Å². The number of pyridine rings is 1. The van der Waals surface area contributed by atoms with Gasteiger partial charge in [-0.2, -0.15) is 13.8 Å². The number of aliphatic carboxylic acids is 1. The lowest BCUT2D eigenvalue weighted by molar-refractivity contribution is -0.138. The molecule has 2 heterocycles. The molecule has 45 heavy (non-hydrogen) atoms. The first kappa shape index (κ1) is 32.0. The first-order valence-electron chi connectivity index (χ1n) is 13.5. The van der Waals surface area contributed by atoms with Gasteiger partial charge in [-0.15, -0.1) is 0 Å². The van der Waals surface area contributed by atoms with Gasteiger partial charge in [0.15, 0.2) is 17.5 Å². The van der Waals surface area contributed by atoms with E-state index in [9.17, 15) is 15.0 Å². The van der Waals surface area contributed by atoms with Crippen LogP contribution in [0.3, 0.4) is 0 Å². The van der Waals surface area contributed by atoms with Gasteiger partial charge in [0.2, 0.25) is 11.6 Å². The predicted molar refractivity (Wildman–Crippen MR) is 162 cm³/mol. The highest BCUT2D eigenvalue weighted by Crippen LogP contribution is 2.40. The molecule has 0 aliphatic heterocycles. The number of phenols is 1. The molecule has 0 aliphatic carbocycles. The van der Waals surface area contributed by atoms with E-state index < -0.39 is 46.8 Å². The minimum atomic E-state index is -1.45. The lowest BCUT2D eigenvalue weighted by Gasteiger charge is -2.20. The SMILES string of the molecule is Cn1ccnc1-c1ccccc1Oc1nc(Oc2cc(C(=N)N)ccc2O)c(F)c(NC(CCCCN=C(N)N)C(=O)O)c1F. The first-order chi connectivity index (χ1) is 21.5. The molecular weight excluding hydrogens is 592 g/mol. The van der Waals surface area contributed by atoms with E-state index in [1.165, 1.54) is 12.1 Å². The molecule has 0 radical (unpaired) electrons. The molecule has 0 aliphatic rings. The van der Waals surface area contributed by atoms with Crippen molar-refractivity contribution in [2.24, 2.45) is 29.2 Å². The zero-order valence-electron chi connectivity index (χ0n) is 24.0. The molecule has 236 valence electrons. The fourth-order valence-corrected chi connectivity index (χ4v) is 4.20. The number of imidazole rings is 1. The minimum absolute atomic E-state index is 0.0493. The Morgan fingerprint density at radius 3 is 2.40 bits per heavy atom. The Morgan fingerprint density at radius 1 is 1.09 bits per heavy atom. The molecule has 16 heteroatoms. The Balaban J connectivity index is 1.77. The van der Waals surface area contributed by atoms with Crippen LogP contribution in [0.1, 0.15) is 24.8 Å². The first-order valence-corrected chi connectivity index (χ1v) is 13.5. The van der Waals surface area contributed by atoms with Gasteiger partial charge in [0.1, 0.15) is 29.1 Å². The number of carboxylic acid groups (broad SMARTS) is 1. The highest BCUT2D eigenvalue weighted by Gasteiger charge is 2.29. The smallest absolute Gasteiger partial charge is 0.326 e. The fourth-order valence-electron chi connectivity index (χ4n) is 4.20. The normalized spacial score (nSPS) is 11.4. The number of carbonyl (C=O) groups is 1. The molecule has 0 saturated heterocycles. The van der Waals surface area contributed by atoms with Crippen molar-refractivity contribution in [2.75, 3.05) is 11.9 Å². The van der Waals surface area contributed by atoms with Crippen molar-refractivity contribution >= 4 is 23.5 Å². The molecule has 0 spiro atoms. The summed E-state index contributed by atoms with van der Waals surface area (Å²) in [6, 6.07) is 8.71. The summed E-state index contributed by atoms with van der Waals surface area (Å²) in [4.78, 5) is 24.1. The maximum Gasteiger partial charge on any atom is 0.326 e. The maximum absolute atomic E-state index is 16.0. The minimum Gasteiger partial charge on any atom is -0.504 e. The van der Waals surface area contributed by atoms with Gasteiger partial charge in [-0.25, -0.2) is 9.78 Å². The number of amidine groups is 1.